The number of carbonyl (C=O) groups is 1. The molecule has 2 bridgehead atoms. The Labute approximate surface area is 157 Å². The molecule has 3 nitrogen and oxygen atoms in total. The van der Waals surface area contributed by atoms with Crippen LogP contribution in [0.3, 0.4) is 0 Å². The zero-order valence-corrected chi connectivity index (χ0v) is 15.8. The van der Waals surface area contributed by atoms with E-state index >= 15 is 0 Å². The molecule has 4 atom stereocenters. The van der Waals surface area contributed by atoms with Crippen molar-refractivity contribution in [3.05, 3.63) is 35.9 Å². The fourth-order valence-electron chi connectivity index (χ4n) is 6.94. The molecule has 3 aliphatic heterocycles. The monoisotopic (exact) mass is 354 g/mol. The number of rotatable bonds is 4. The van der Waals surface area contributed by atoms with Crippen molar-refractivity contribution < 1.29 is 14.0 Å². The molecular weight excluding hydrogens is 322 g/mol. The molecule has 1 aliphatic carbocycles. The summed E-state index contributed by atoms with van der Waals surface area (Å²) in [6.45, 7) is 2.66. The molecule has 0 aromatic heterocycles. The van der Waals surface area contributed by atoms with Crippen molar-refractivity contribution in [2.24, 2.45) is 5.92 Å². The molecule has 1 aromatic rings. The average molecular weight is 355 g/mol. The Balaban J connectivity index is 1.35. The molecule has 140 valence electrons. The van der Waals surface area contributed by atoms with Crippen molar-refractivity contribution in [3.63, 3.8) is 0 Å². The first-order valence-electron chi connectivity index (χ1n) is 10.9. The van der Waals surface area contributed by atoms with Crippen LogP contribution in [0.4, 0.5) is 0 Å². The van der Waals surface area contributed by atoms with E-state index in [9.17, 15) is 4.79 Å². The molecule has 1 saturated carbocycles. The van der Waals surface area contributed by atoms with Crippen LogP contribution in [0.15, 0.2) is 30.3 Å². The summed E-state index contributed by atoms with van der Waals surface area (Å²) in [5, 5.41) is 0. The summed E-state index contributed by atoms with van der Waals surface area (Å²) in [5.74, 6) is 0.487. The first-order chi connectivity index (χ1) is 12.8. The Hall–Kier alpha value is -1.35. The SMILES string of the molecule is O=C(OC1CC2CCC1[N+]21CCCC1)C(c1ccccc1)C1CCCC1. The van der Waals surface area contributed by atoms with E-state index in [4.69, 9.17) is 4.74 Å². The highest BCUT2D eigenvalue weighted by molar-refractivity contribution is 5.79. The zero-order chi connectivity index (χ0) is 17.6. The van der Waals surface area contributed by atoms with E-state index in [0.29, 0.717) is 12.0 Å². The Bertz CT molecular complexity index is 645. The largest absolute Gasteiger partial charge is 0.455 e. The highest BCUT2D eigenvalue weighted by Crippen LogP contribution is 2.49. The van der Waals surface area contributed by atoms with E-state index in [1.54, 1.807) is 0 Å². The molecule has 0 amide bonds. The van der Waals surface area contributed by atoms with Gasteiger partial charge >= 0.3 is 5.97 Å². The zero-order valence-electron chi connectivity index (χ0n) is 15.8. The molecule has 26 heavy (non-hydrogen) atoms. The Morgan fingerprint density at radius 2 is 1.69 bits per heavy atom. The van der Waals surface area contributed by atoms with E-state index in [2.05, 4.69) is 24.3 Å². The summed E-state index contributed by atoms with van der Waals surface area (Å²) in [6, 6.07) is 11.8. The van der Waals surface area contributed by atoms with Gasteiger partial charge in [-0.25, -0.2) is 0 Å². The number of hydrogen-bond acceptors (Lipinski definition) is 2. The van der Waals surface area contributed by atoms with Gasteiger partial charge < -0.3 is 9.22 Å². The molecule has 3 heteroatoms. The highest BCUT2D eigenvalue weighted by atomic mass is 16.5. The predicted octanol–water partition coefficient (Wildman–Crippen LogP) is 4.42. The van der Waals surface area contributed by atoms with Crippen LogP contribution in [-0.4, -0.2) is 41.7 Å². The van der Waals surface area contributed by atoms with Crippen LogP contribution in [0.25, 0.3) is 0 Å². The predicted molar refractivity (Wildman–Crippen MR) is 102 cm³/mol. The van der Waals surface area contributed by atoms with Crippen molar-refractivity contribution >= 4 is 5.97 Å². The van der Waals surface area contributed by atoms with Crippen LogP contribution in [0.2, 0.25) is 0 Å². The van der Waals surface area contributed by atoms with Gasteiger partial charge in [0.15, 0.2) is 6.10 Å². The van der Waals surface area contributed by atoms with Crippen molar-refractivity contribution in [3.8, 4) is 0 Å². The number of hydrogen-bond donors (Lipinski definition) is 0. The molecule has 5 rings (SSSR count). The second-order valence-corrected chi connectivity index (χ2v) is 9.20. The fraction of sp³-hybridized carbons (Fsp3) is 0.696. The maximum Gasteiger partial charge on any atom is 0.314 e. The quantitative estimate of drug-likeness (QED) is 0.591. The van der Waals surface area contributed by atoms with Crippen LogP contribution >= 0.6 is 0 Å². The Morgan fingerprint density at radius 3 is 2.42 bits per heavy atom. The molecule has 0 N–H and O–H groups in total. The molecule has 4 unspecified atom stereocenters. The molecule has 0 radical (unpaired) electrons. The van der Waals surface area contributed by atoms with E-state index in [1.165, 1.54) is 68.9 Å². The lowest BCUT2D eigenvalue weighted by atomic mass is 9.84. The van der Waals surface area contributed by atoms with Crippen molar-refractivity contribution in [1.29, 1.82) is 0 Å². The number of nitrogens with zero attached hydrogens (tertiary/aromatic N) is 1. The van der Waals surface area contributed by atoms with Gasteiger partial charge in [-0.05, 0) is 24.3 Å². The number of carbonyl (C=O) groups excluding carboxylic acids is 1. The third kappa shape index (κ3) is 2.62. The van der Waals surface area contributed by atoms with E-state index in [-0.39, 0.29) is 18.0 Å². The minimum Gasteiger partial charge on any atom is -0.455 e. The third-order valence-electron chi connectivity index (χ3n) is 8.07. The van der Waals surface area contributed by atoms with Gasteiger partial charge in [0.1, 0.15) is 6.04 Å². The van der Waals surface area contributed by atoms with Crippen LogP contribution in [0, 0.1) is 5.92 Å². The standard InChI is InChI=1S/C23H32NO2/c25-23(22(18-10-4-5-11-18)17-8-2-1-3-9-17)26-21-16-19-12-13-20(21)24(19)14-6-7-15-24/h1-3,8-9,18-22H,4-7,10-16H2/q+1. The van der Waals surface area contributed by atoms with E-state index < -0.39 is 0 Å². The van der Waals surface area contributed by atoms with Gasteiger partial charge in [0.25, 0.3) is 0 Å². The highest BCUT2D eigenvalue weighted by Gasteiger charge is 2.61. The number of quaternary nitrogens is 1. The first-order valence-corrected chi connectivity index (χ1v) is 10.9. The second kappa shape index (κ2) is 6.67. The van der Waals surface area contributed by atoms with Gasteiger partial charge in [-0.1, -0.05) is 43.2 Å². The van der Waals surface area contributed by atoms with E-state index in [0.717, 1.165) is 18.0 Å². The van der Waals surface area contributed by atoms with Gasteiger partial charge in [0.05, 0.1) is 25.0 Å². The van der Waals surface area contributed by atoms with Gasteiger partial charge in [0, 0.05) is 32.1 Å². The average Bonchev–Trinajstić information content (AvgIpc) is 3.45. The molecule has 1 spiro atoms. The number of esters is 1. The van der Waals surface area contributed by atoms with Crippen molar-refractivity contribution in [2.45, 2.75) is 81.9 Å². The van der Waals surface area contributed by atoms with Gasteiger partial charge in [0.2, 0.25) is 0 Å². The van der Waals surface area contributed by atoms with Crippen molar-refractivity contribution in [1.82, 2.24) is 0 Å². The molecule has 4 aliphatic rings. The van der Waals surface area contributed by atoms with Crippen LogP contribution in [0.1, 0.15) is 69.3 Å². The van der Waals surface area contributed by atoms with Crippen LogP contribution < -0.4 is 0 Å². The van der Waals surface area contributed by atoms with Gasteiger partial charge in [-0.15, -0.1) is 0 Å². The van der Waals surface area contributed by atoms with Crippen LogP contribution in [-0.2, 0) is 9.53 Å². The summed E-state index contributed by atoms with van der Waals surface area (Å²) in [4.78, 5) is 13.3. The third-order valence-corrected chi connectivity index (χ3v) is 8.07. The lowest BCUT2D eigenvalue weighted by Crippen LogP contribution is -2.51. The minimum absolute atomic E-state index is 0.0511. The smallest absolute Gasteiger partial charge is 0.314 e. The maximum atomic E-state index is 13.3. The Kier molecular flexibility index (Phi) is 4.31. The maximum absolute atomic E-state index is 13.3. The summed E-state index contributed by atoms with van der Waals surface area (Å²) in [6.07, 6.45) is 11.5. The fourth-order valence-corrected chi connectivity index (χ4v) is 6.94. The van der Waals surface area contributed by atoms with Crippen LogP contribution in [0.5, 0.6) is 0 Å². The molecular formula is C23H32NO2+. The van der Waals surface area contributed by atoms with Crippen molar-refractivity contribution in [2.75, 3.05) is 13.1 Å². The van der Waals surface area contributed by atoms with Gasteiger partial charge in [-0.3, -0.25) is 4.79 Å². The molecule has 3 heterocycles. The first kappa shape index (κ1) is 16.8. The topological polar surface area (TPSA) is 26.3 Å². The second-order valence-electron chi connectivity index (χ2n) is 9.20. The lowest BCUT2D eigenvalue weighted by Gasteiger charge is -2.35. The summed E-state index contributed by atoms with van der Waals surface area (Å²) >= 11 is 0. The number of benzene rings is 1. The van der Waals surface area contributed by atoms with Gasteiger partial charge in [-0.2, -0.15) is 0 Å². The minimum atomic E-state index is -0.0511. The number of ether oxygens (including phenoxy) is 1. The molecule has 4 fully saturated rings. The molecule has 1 aromatic carbocycles. The Morgan fingerprint density at radius 1 is 0.962 bits per heavy atom. The lowest BCUT2D eigenvalue weighted by molar-refractivity contribution is -0.938. The summed E-state index contributed by atoms with van der Waals surface area (Å²) in [5.41, 5.74) is 1.16. The molecule has 3 saturated heterocycles. The van der Waals surface area contributed by atoms with E-state index in [1.807, 2.05) is 6.07 Å². The summed E-state index contributed by atoms with van der Waals surface area (Å²) < 4.78 is 7.60. The normalized spacial score (nSPS) is 33.8. The summed E-state index contributed by atoms with van der Waals surface area (Å²) in [7, 11) is 0.